The SMILES string of the molecule is CC1(C)CCCN(C(=O)CC(F)(F)F)C1C(=O)O. The van der Waals surface area contributed by atoms with E-state index in [1.54, 1.807) is 13.8 Å². The minimum absolute atomic E-state index is 0.0648. The monoisotopic (exact) mass is 267 g/mol. The average molecular weight is 267 g/mol. The summed E-state index contributed by atoms with van der Waals surface area (Å²) in [5.41, 5.74) is -0.717. The van der Waals surface area contributed by atoms with Gasteiger partial charge in [-0.05, 0) is 18.3 Å². The summed E-state index contributed by atoms with van der Waals surface area (Å²) in [5.74, 6) is -2.42. The van der Waals surface area contributed by atoms with Crippen LogP contribution in [0.15, 0.2) is 0 Å². The number of carboxylic acids is 1. The molecule has 1 unspecified atom stereocenters. The second-order valence-corrected chi connectivity index (χ2v) is 5.21. The first-order valence-corrected chi connectivity index (χ1v) is 5.63. The Kier molecular flexibility index (Phi) is 3.92. The molecule has 0 saturated carbocycles. The van der Waals surface area contributed by atoms with E-state index in [4.69, 9.17) is 5.11 Å². The van der Waals surface area contributed by atoms with Crippen LogP contribution < -0.4 is 0 Å². The maximum atomic E-state index is 12.2. The Balaban J connectivity index is 2.91. The third-order valence-corrected chi connectivity index (χ3v) is 3.18. The molecule has 0 aromatic heterocycles. The maximum absolute atomic E-state index is 12.2. The van der Waals surface area contributed by atoms with Crippen molar-refractivity contribution in [1.29, 1.82) is 0 Å². The van der Waals surface area contributed by atoms with Gasteiger partial charge in [-0.2, -0.15) is 13.2 Å². The minimum atomic E-state index is -4.61. The number of hydrogen-bond acceptors (Lipinski definition) is 2. The van der Waals surface area contributed by atoms with Crippen LogP contribution in [0.4, 0.5) is 13.2 Å². The predicted octanol–water partition coefficient (Wildman–Crippen LogP) is 2.04. The smallest absolute Gasteiger partial charge is 0.397 e. The van der Waals surface area contributed by atoms with E-state index in [-0.39, 0.29) is 6.54 Å². The molecule has 4 nitrogen and oxygen atoms in total. The van der Waals surface area contributed by atoms with Crippen molar-refractivity contribution in [2.45, 2.75) is 45.3 Å². The molecule has 1 heterocycles. The van der Waals surface area contributed by atoms with Crippen molar-refractivity contribution >= 4 is 11.9 Å². The number of piperidine rings is 1. The molecular formula is C11H16F3NO3. The van der Waals surface area contributed by atoms with Crippen molar-refractivity contribution in [2.24, 2.45) is 5.41 Å². The highest BCUT2D eigenvalue weighted by Gasteiger charge is 2.46. The van der Waals surface area contributed by atoms with Crippen LogP contribution in [-0.4, -0.2) is 40.6 Å². The van der Waals surface area contributed by atoms with Crippen molar-refractivity contribution in [3.8, 4) is 0 Å². The molecule has 1 amide bonds. The number of likely N-dealkylation sites (tertiary alicyclic amines) is 1. The van der Waals surface area contributed by atoms with E-state index in [0.29, 0.717) is 12.8 Å². The highest BCUT2D eigenvalue weighted by atomic mass is 19.4. The van der Waals surface area contributed by atoms with Crippen molar-refractivity contribution < 1.29 is 27.9 Å². The minimum Gasteiger partial charge on any atom is -0.480 e. The number of carbonyl (C=O) groups is 2. The van der Waals surface area contributed by atoms with Gasteiger partial charge < -0.3 is 10.0 Å². The maximum Gasteiger partial charge on any atom is 0.397 e. The van der Waals surface area contributed by atoms with Crippen LogP contribution in [0.25, 0.3) is 0 Å². The van der Waals surface area contributed by atoms with Gasteiger partial charge in [0.05, 0.1) is 0 Å². The Hall–Kier alpha value is -1.27. The van der Waals surface area contributed by atoms with Gasteiger partial charge >= 0.3 is 12.1 Å². The van der Waals surface area contributed by atoms with E-state index in [1.807, 2.05) is 0 Å². The molecular weight excluding hydrogens is 251 g/mol. The Morgan fingerprint density at radius 3 is 2.39 bits per heavy atom. The molecule has 104 valence electrons. The highest BCUT2D eigenvalue weighted by Crippen LogP contribution is 2.36. The van der Waals surface area contributed by atoms with Crippen LogP contribution in [0.5, 0.6) is 0 Å². The van der Waals surface area contributed by atoms with E-state index in [0.717, 1.165) is 4.90 Å². The number of hydrogen-bond donors (Lipinski definition) is 1. The summed E-state index contributed by atoms with van der Waals surface area (Å²) in [6.07, 6.45) is -5.13. The molecule has 7 heteroatoms. The number of nitrogens with zero attached hydrogens (tertiary/aromatic N) is 1. The zero-order valence-corrected chi connectivity index (χ0v) is 10.3. The summed E-state index contributed by atoms with van der Waals surface area (Å²) in [6.45, 7) is 3.37. The number of alkyl halides is 3. The van der Waals surface area contributed by atoms with Gasteiger partial charge in [-0.1, -0.05) is 13.8 Å². The Labute approximate surface area is 103 Å². The summed E-state index contributed by atoms with van der Waals surface area (Å²) >= 11 is 0. The molecule has 1 N–H and O–H groups in total. The van der Waals surface area contributed by atoms with Gasteiger partial charge in [0.15, 0.2) is 0 Å². The topological polar surface area (TPSA) is 57.6 Å². The van der Waals surface area contributed by atoms with Gasteiger partial charge in [-0.25, -0.2) is 4.79 Å². The summed E-state index contributed by atoms with van der Waals surface area (Å²) in [7, 11) is 0. The molecule has 0 aromatic rings. The number of rotatable bonds is 2. The molecule has 0 bridgehead atoms. The number of aliphatic carboxylic acids is 1. The molecule has 1 aliphatic heterocycles. The molecule has 1 saturated heterocycles. The Morgan fingerprint density at radius 1 is 1.39 bits per heavy atom. The van der Waals surface area contributed by atoms with Crippen molar-refractivity contribution in [1.82, 2.24) is 4.90 Å². The lowest BCUT2D eigenvalue weighted by molar-refractivity contribution is -0.173. The molecule has 1 aliphatic rings. The van der Waals surface area contributed by atoms with E-state index >= 15 is 0 Å². The highest BCUT2D eigenvalue weighted by molar-refractivity contribution is 5.84. The summed E-state index contributed by atoms with van der Waals surface area (Å²) in [4.78, 5) is 23.6. The first-order valence-electron chi connectivity index (χ1n) is 5.63. The third kappa shape index (κ3) is 3.36. The molecule has 1 rings (SSSR count). The third-order valence-electron chi connectivity index (χ3n) is 3.18. The average Bonchev–Trinajstić information content (AvgIpc) is 2.11. The van der Waals surface area contributed by atoms with Gasteiger partial charge in [-0.15, -0.1) is 0 Å². The molecule has 0 radical (unpaired) electrons. The number of carbonyl (C=O) groups excluding carboxylic acids is 1. The van der Waals surface area contributed by atoms with Gasteiger partial charge in [0.1, 0.15) is 12.5 Å². The molecule has 1 atom stereocenters. The zero-order valence-electron chi connectivity index (χ0n) is 10.3. The van der Waals surface area contributed by atoms with Crippen LogP contribution >= 0.6 is 0 Å². The largest absolute Gasteiger partial charge is 0.480 e. The fourth-order valence-corrected chi connectivity index (χ4v) is 2.40. The summed E-state index contributed by atoms with van der Waals surface area (Å²) < 4.78 is 36.6. The van der Waals surface area contributed by atoms with Gasteiger partial charge in [-0.3, -0.25) is 4.79 Å². The normalized spacial score (nSPS) is 23.8. The van der Waals surface area contributed by atoms with Crippen LogP contribution in [0.2, 0.25) is 0 Å². The lowest BCUT2D eigenvalue weighted by Crippen LogP contribution is -2.56. The molecule has 18 heavy (non-hydrogen) atoms. The van der Waals surface area contributed by atoms with Gasteiger partial charge in [0, 0.05) is 6.54 Å². The van der Waals surface area contributed by atoms with Crippen LogP contribution in [0.3, 0.4) is 0 Å². The lowest BCUT2D eigenvalue weighted by atomic mass is 9.76. The molecule has 0 aromatic carbocycles. The fourth-order valence-electron chi connectivity index (χ4n) is 2.40. The van der Waals surface area contributed by atoms with Crippen LogP contribution in [-0.2, 0) is 9.59 Å². The molecule has 0 aliphatic carbocycles. The summed E-state index contributed by atoms with van der Waals surface area (Å²) in [6, 6.07) is -1.19. The summed E-state index contributed by atoms with van der Waals surface area (Å²) in [5, 5.41) is 9.12. The Bertz CT molecular complexity index is 352. The number of carboxylic acid groups (broad SMARTS) is 1. The van der Waals surface area contributed by atoms with Crippen LogP contribution in [0.1, 0.15) is 33.1 Å². The molecule has 1 fully saturated rings. The van der Waals surface area contributed by atoms with Gasteiger partial charge in [0.25, 0.3) is 0 Å². The van der Waals surface area contributed by atoms with E-state index < -0.39 is 35.9 Å². The molecule has 0 spiro atoms. The predicted molar refractivity (Wildman–Crippen MR) is 56.8 cm³/mol. The lowest BCUT2D eigenvalue weighted by Gasteiger charge is -2.44. The van der Waals surface area contributed by atoms with Crippen molar-refractivity contribution in [3.05, 3.63) is 0 Å². The van der Waals surface area contributed by atoms with E-state index in [1.165, 1.54) is 0 Å². The Morgan fingerprint density at radius 2 is 1.94 bits per heavy atom. The van der Waals surface area contributed by atoms with Crippen molar-refractivity contribution in [3.63, 3.8) is 0 Å². The first kappa shape index (κ1) is 14.8. The van der Waals surface area contributed by atoms with Crippen LogP contribution in [0, 0.1) is 5.41 Å². The zero-order chi connectivity index (χ0) is 14.1. The number of amides is 1. The van der Waals surface area contributed by atoms with E-state index in [9.17, 15) is 22.8 Å². The first-order chi connectivity index (χ1) is 8.04. The van der Waals surface area contributed by atoms with Gasteiger partial charge in [0.2, 0.25) is 5.91 Å². The van der Waals surface area contributed by atoms with Crippen molar-refractivity contribution in [2.75, 3.05) is 6.54 Å². The standard InChI is InChI=1S/C11H16F3NO3/c1-10(2)4-3-5-15(8(10)9(17)18)7(16)6-11(12,13)14/h8H,3-6H2,1-2H3,(H,17,18). The fraction of sp³-hybridized carbons (Fsp3) is 0.818. The quantitative estimate of drug-likeness (QED) is 0.833. The second-order valence-electron chi connectivity index (χ2n) is 5.21. The second kappa shape index (κ2) is 4.78. The number of halogens is 3. The van der Waals surface area contributed by atoms with E-state index in [2.05, 4.69) is 0 Å².